The van der Waals surface area contributed by atoms with Gasteiger partial charge in [-0.2, -0.15) is 0 Å². The molecule has 0 saturated carbocycles. The van der Waals surface area contributed by atoms with E-state index in [4.69, 9.17) is 15.2 Å². The molecule has 1 saturated heterocycles. The highest BCUT2D eigenvalue weighted by Gasteiger charge is 2.17. The van der Waals surface area contributed by atoms with Gasteiger partial charge in [0.2, 0.25) is 0 Å². The van der Waals surface area contributed by atoms with E-state index < -0.39 is 5.82 Å². The zero-order chi connectivity index (χ0) is 13.0. The third kappa shape index (κ3) is 3.05. The Morgan fingerprint density at radius 2 is 2.17 bits per heavy atom. The Morgan fingerprint density at radius 3 is 2.78 bits per heavy atom. The first-order chi connectivity index (χ1) is 8.70. The van der Waals surface area contributed by atoms with Crippen LogP contribution in [-0.4, -0.2) is 31.6 Å². The molecular formula is C13H16FNO3. The molecule has 1 heterocycles. The number of rotatable bonds is 4. The zero-order valence-corrected chi connectivity index (χ0v) is 10.0. The minimum Gasteiger partial charge on any atom is -0.487 e. The SMILES string of the molecule is NCC(=O)c1ccc(OC2CCOCC2)c(F)c1. The van der Waals surface area contributed by atoms with Gasteiger partial charge < -0.3 is 15.2 Å². The van der Waals surface area contributed by atoms with E-state index in [0.29, 0.717) is 13.2 Å². The number of ketones is 1. The van der Waals surface area contributed by atoms with Crippen molar-refractivity contribution in [2.24, 2.45) is 5.73 Å². The topological polar surface area (TPSA) is 61.6 Å². The van der Waals surface area contributed by atoms with Crippen molar-refractivity contribution in [3.8, 4) is 5.75 Å². The molecule has 4 nitrogen and oxygen atoms in total. The van der Waals surface area contributed by atoms with E-state index in [0.717, 1.165) is 12.8 Å². The lowest BCUT2D eigenvalue weighted by atomic mass is 10.1. The molecule has 0 unspecified atom stereocenters. The van der Waals surface area contributed by atoms with Crippen molar-refractivity contribution in [2.75, 3.05) is 19.8 Å². The van der Waals surface area contributed by atoms with E-state index in [1.165, 1.54) is 18.2 Å². The van der Waals surface area contributed by atoms with Crippen LogP contribution in [0.4, 0.5) is 4.39 Å². The van der Waals surface area contributed by atoms with Crippen molar-refractivity contribution in [1.29, 1.82) is 0 Å². The third-order valence-electron chi connectivity index (χ3n) is 2.90. The molecule has 1 aromatic rings. The fraction of sp³-hybridized carbons (Fsp3) is 0.462. The highest BCUT2D eigenvalue weighted by atomic mass is 19.1. The predicted molar refractivity (Wildman–Crippen MR) is 64.3 cm³/mol. The standard InChI is InChI=1S/C13H16FNO3/c14-11-7-9(12(16)8-15)1-2-13(11)18-10-3-5-17-6-4-10/h1-2,7,10H,3-6,8,15H2. The maximum Gasteiger partial charge on any atom is 0.176 e. The van der Waals surface area contributed by atoms with E-state index in [1.807, 2.05) is 0 Å². The first-order valence-corrected chi connectivity index (χ1v) is 5.98. The third-order valence-corrected chi connectivity index (χ3v) is 2.90. The van der Waals surface area contributed by atoms with Crippen LogP contribution >= 0.6 is 0 Å². The normalized spacial score (nSPS) is 16.6. The molecule has 0 radical (unpaired) electrons. The van der Waals surface area contributed by atoms with Gasteiger partial charge in [0.1, 0.15) is 6.10 Å². The Bertz CT molecular complexity index is 430. The average molecular weight is 253 g/mol. The smallest absolute Gasteiger partial charge is 0.176 e. The second kappa shape index (κ2) is 5.93. The second-order valence-electron chi connectivity index (χ2n) is 4.20. The van der Waals surface area contributed by atoms with Crippen molar-refractivity contribution in [3.05, 3.63) is 29.6 Å². The van der Waals surface area contributed by atoms with Crippen LogP contribution in [0.15, 0.2) is 18.2 Å². The van der Waals surface area contributed by atoms with Gasteiger partial charge in [0.05, 0.1) is 19.8 Å². The van der Waals surface area contributed by atoms with E-state index in [1.54, 1.807) is 0 Å². The summed E-state index contributed by atoms with van der Waals surface area (Å²) >= 11 is 0. The van der Waals surface area contributed by atoms with Crippen LogP contribution < -0.4 is 10.5 Å². The minimum absolute atomic E-state index is 0.0238. The molecule has 2 rings (SSSR count). The molecule has 98 valence electrons. The summed E-state index contributed by atoms with van der Waals surface area (Å²) in [5.74, 6) is -0.636. The maximum absolute atomic E-state index is 13.8. The fourth-order valence-corrected chi connectivity index (χ4v) is 1.86. The predicted octanol–water partition coefficient (Wildman–Crippen LogP) is 1.52. The molecule has 18 heavy (non-hydrogen) atoms. The van der Waals surface area contributed by atoms with Gasteiger partial charge in [-0.05, 0) is 18.2 Å². The summed E-state index contributed by atoms with van der Waals surface area (Å²) in [5.41, 5.74) is 5.50. The van der Waals surface area contributed by atoms with Gasteiger partial charge in [0, 0.05) is 18.4 Å². The van der Waals surface area contributed by atoms with Gasteiger partial charge >= 0.3 is 0 Å². The van der Waals surface area contributed by atoms with Crippen LogP contribution in [0.25, 0.3) is 0 Å². The second-order valence-corrected chi connectivity index (χ2v) is 4.20. The van der Waals surface area contributed by atoms with Crippen LogP contribution in [0.1, 0.15) is 23.2 Å². The van der Waals surface area contributed by atoms with Crippen molar-refractivity contribution in [3.63, 3.8) is 0 Å². The maximum atomic E-state index is 13.8. The Kier molecular flexibility index (Phi) is 4.28. The zero-order valence-electron chi connectivity index (χ0n) is 10.0. The van der Waals surface area contributed by atoms with Gasteiger partial charge in [-0.1, -0.05) is 0 Å². The fourth-order valence-electron chi connectivity index (χ4n) is 1.86. The molecule has 1 fully saturated rings. The van der Waals surface area contributed by atoms with E-state index in [2.05, 4.69) is 0 Å². The Balaban J connectivity index is 2.07. The number of halogens is 1. The number of Topliss-reactive ketones (excluding diaryl/α,β-unsaturated/α-hetero) is 1. The van der Waals surface area contributed by atoms with Crippen molar-refractivity contribution >= 4 is 5.78 Å². The number of hydrogen-bond acceptors (Lipinski definition) is 4. The van der Waals surface area contributed by atoms with Crippen molar-refractivity contribution in [2.45, 2.75) is 18.9 Å². The van der Waals surface area contributed by atoms with Crippen LogP contribution in [0, 0.1) is 5.82 Å². The van der Waals surface area contributed by atoms with E-state index >= 15 is 0 Å². The highest BCUT2D eigenvalue weighted by Crippen LogP contribution is 2.22. The summed E-state index contributed by atoms with van der Waals surface area (Å²) in [6, 6.07) is 4.18. The van der Waals surface area contributed by atoms with Gasteiger partial charge in [-0.15, -0.1) is 0 Å². The molecular weight excluding hydrogens is 237 g/mol. The molecule has 0 spiro atoms. The molecule has 1 aromatic carbocycles. The summed E-state index contributed by atoms with van der Waals surface area (Å²) in [6.07, 6.45) is 1.48. The lowest BCUT2D eigenvalue weighted by Crippen LogP contribution is -2.26. The summed E-state index contributed by atoms with van der Waals surface area (Å²) in [7, 11) is 0. The Morgan fingerprint density at radius 1 is 1.44 bits per heavy atom. The molecule has 0 bridgehead atoms. The van der Waals surface area contributed by atoms with Gasteiger partial charge in [0.25, 0.3) is 0 Å². The molecule has 2 N–H and O–H groups in total. The van der Waals surface area contributed by atoms with E-state index in [-0.39, 0.29) is 29.7 Å². The van der Waals surface area contributed by atoms with E-state index in [9.17, 15) is 9.18 Å². The number of nitrogens with two attached hydrogens (primary N) is 1. The van der Waals surface area contributed by atoms with Crippen LogP contribution in [-0.2, 0) is 4.74 Å². The average Bonchev–Trinajstić information content (AvgIpc) is 2.41. The number of benzene rings is 1. The lowest BCUT2D eigenvalue weighted by molar-refractivity contribution is 0.0240. The molecule has 0 aromatic heterocycles. The quantitative estimate of drug-likeness (QED) is 0.826. The molecule has 5 heteroatoms. The van der Waals surface area contributed by atoms with Crippen LogP contribution in [0.2, 0.25) is 0 Å². The molecule has 1 aliphatic rings. The summed E-state index contributed by atoms with van der Waals surface area (Å²) in [5, 5.41) is 0. The van der Waals surface area contributed by atoms with Gasteiger partial charge in [0.15, 0.2) is 17.3 Å². The summed E-state index contributed by atoms with van der Waals surface area (Å²) in [6.45, 7) is 1.14. The largest absolute Gasteiger partial charge is 0.487 e. The first-order valence-electron chi connectivity index (χ1n) is 5.98. The Hall–Kier alpha value is -1.46. The van der Waals surface area contributed by atoms with Gasteiger partial charge in [-0.25, -0.2) is 4.39 Å². The molecule has 0 amide bonds. The number of ether oxygens (including phenoxy) is 2. The summed E-state index contributed by atoms with van der Waals surface area (Å²) < 4.78 is 24.5. The van der Waals surface area contributed by atoms with Gasteiger partial charge in [-0.3, -0.25) is 4.79 Å². The van der Waals surface area contributed by atoms with Crippen molar-refractivity contribution < 1.29 is 18.7 Å². The number of carbonyl (C=O) groups is 1. The van der Waals surface area contributed by atoms with Crippen LogP contribution in [0.3, 0.4) is 0 Å². The monoisotopic (exact) mass is 253 g/mol. The number of carbonyl (C=O) groups excluding carboxylic acids is 1. The molecule has 1 aliphatic heterocycles. The first kappa shape index (κ1) is 13.0. The molecule has 0 aliphatic carbocycles. The van der Waals surface area contributed by atoms with Crippen molar-refractivity contribution in [1.82, 2.24) is 0 Å². The Labute approximate surface area is 105 Å². The number of hydrogen-bond donors (Lipinski definition) is 1. The lowest BCUT2D eigenvalue weighted by Gasteiger charge is -2.23. The highest BCUT2D eigenvalue weighted by molar-refractivity contribution is 5.97. The summed E-state index contributed by atoms with van der Waals surface area (Å²) in [4.78, 5) is 11.3. The van der Waals surface area contributed by atoms with Crippen LogP contribution in [0.5, 0.6) is 5.75 Å². The molecule has 0 atom stereocenters. The minimum atomic E-state index is -0.527.